The van der Waals surface area contributed by atoms with Crippen molar-refractivity contribution in [3.8, 4) is 0 Å². The molecule has 6 nitrogen and oxygen atoms in total. The van der Waals surface area contributed by atoms with Gasteiger partial charge in [0.25, 0.3) is 5.91 Å². The van der Waals surface area contributed by atoms with E-state index in [2.05, 4.69) is 11.1 Å². The summed E-state index contributed by atoms with van der Waals surface area (Å²) in [6.07, 6.45) is 7.91. The van der Waals surface area contributed by atoms with E-state index in [4.69, 9.17) is 4.42 Å². The highest BCUT2D eigenvalue weighted by Gasteiger charge is 2.41. The first kappa shape index (κ1) is 19.7. The largest absolute Gasteiger partial charge is 0.466 e. The van der Waals surface area contributed by atoms with E-state index in [-0.39, 0.29) is 17.2 Å². The number of likely N-dealkylation sites (tertiary alicyclic amines) is 2. The van der Waals surface area contributed by atoms with Crippen LogP contribution in [0.3, 0.4) is 0 Å². The van der Waals surface area contributed by atoms with Gasteiger partial charge in [-0.15, -0.1) is 0 Å². The number of carbonyl (C=O) groups is 2. The number of pyridine rings is 1. The average Bonchev–Trinajstić information content (AvgIpc) is 3.08. The molecule has 2 aromatic heterocycles. The summed E-state index contributed by atoms with van der Waals surface area (Å²) in [7, 11) is 0. The highest BCUT2D eigenvalue weighted by atomic mass is 16.3. The van der Waals surface area contributed by atoms with Crippen LogP contribution in [0.15, 0.2) is 35.0 Å². The molecule has 0 saturated carbocycles. The molecular formula is C23H29N3O3. The van der Waals surface area contributed by atoms with E-state index in [9.17, 15) is 9.59 Å². The molecule has 6 heteroatoms. The molecule has 0 bridgehead atoms. The third-order valence-electron chi connectivity index (χ3n) is 6.52. The van der Waals surface area contributed by atoms with Crippen molar-refractivity contribution in [2.24, 2.45) is 5.41 Å². The summed E-state index contributed by atoms with van der Waals surface area (Å²) in [5, 5.41) is 0. The monoisotopic (exact) mass is 395 g/mol. The fourth-order valence-electron chi connectivity index (χ4n) is 4.72. The molecule has 2 aromatic rings. The lowest BCUT2D eigenvalue weighted by Gasteiger charge is -2.47. The van der Waals surface area contributed by atoms with Crippen LogP contribution in [0.25, 0.3) is 0 Å². The number of amides is 2. The van der Waals surface area contributed by atoms with E-state index in [1.807, 2.05) is 42.0 Å². The number of rotatable bonds is 4. The summed E-state index contributed by atoms with van der Waals surface area (Å²) in [5.74, 6) is 1.78. The smallest absolute Gasteiger partial charge is 0.257 e. The van der Waals surface area contributed by atoms with Crippen molar-refractivity contribution < 1.29 is 14.0 Å². The molecule has 2 fully saturated rings. The number of hydrogen-bond donors (Lipinski definition) is 0. The lowest BCUT2D eigenvalue weighted by molar-refractivity contribution is -0.138. The minimum Gasteiger partial charge on any atom is -0.466 e. The number of carbonyl (C=O) groups excluding carboxylic acids is 2. The Labute approximate surface area is 171 Å². The number of hydrogen-bond acceptors (Lipinski definition) is 4. The van der Waals surface area contributed by atoms with Gasteiger partial charge in [0, 0.05) is 45.0 Å². The molecule has 2 amide bonds. The Morgan fingerprint density at radius 2 is 2.03 bits per heavy atom. The molecule has 154 valence electrons. The maximum Gasteiger partial charge on any atom is 0.257 e. The lowest BCUT2D eigenvalue weighted by atomic mass is 9.72. The van der Waals surface area contributed by atoms with Crippen LogP contribution in [0.4, 0.5) is 0 Å². The molecule has 4 rings (SSSR count). The zero-order valence-corrected chi connectivity index (χ0v) is 17.3. The Bertz CT molecular complexity index is 882. The molecule has 1 spiro atoms. The highest BCUT2D eigenvalue weighted by Crippen LogP contribution is 2.40. The maximum atomic E-state index is 12.9. The van der Waals surface area contributed by atoms with Crippen molar-refractivity contribution in [2.45, 2.75) is 46.0 Å². The Morgan fingerprint density at radius 1 is 1.24 bits per heavy atom. The van der Waals surface area contributed by atoms with Gasteiger partial charge in [0.05, 0.1) is 5.56 Å². The Kier molecular flexibility index (Phi) is 5.43. The molecule has 0 radical (unpaired) electrons. The van der Waals surface area contributed by atoms with Gasteiger partial charge in [-0.05, 0) is 62.6 Å². The van der Waals surface area contributed by atoms with Gasteiger partial charge in [-0.3, -0.25) is 14.6 Å². The molecule has 0 aromatic carbocycles. The molecule has 0 unspecified atom stereocenters. The van der Waals surface area contributed by atoms with E-state index >= 15 is 0 Å². The van der Waals surface area contributed by atoms with Gasteiger partial charge < -0.3 is 14.2 Å². The van der Waals surface area contributed by atoms with Crippen molar-refractivity contribution in [2.75, 3.05) is 26.2 Å². The zero-order chi connectivity index (χ0) is 20.4. The van der Waals surface area contributed by atoms with Crippen LogP contribution in [0.1, 0.15) is 53.1 Å². The second-order valence-corrected chi connectivity index (χ2v) is 8.55. The van der Waals surface area contributed by atoms with E-state index in [1.54, 1.807) is 6.20 Å². The Balaban J connectivity index is 1.36. The van der Waals surface area contributed by atoms with Crippen LogP contribution >= 0.6 is 0 Å². The van der Waals surface area contributed by atoms with Crippen LogP contribution in [0.5, 0.6) is 0 Å². The van der Waals surface area contributed by atoms with Gasteiger partial charge in [0.1, 0.15) is 11.5 Å². The van der Waals surface area contributed by atoms with Crippen molar-refractivity contribution >= 4 is 11.8 Å². The first-order chi connectivity index (χ1) is 14.0. The lowest BCUT2D eigenvalue weighted by Crippen LogP contribution is -2.52. The van der Waals surface area contributed by atoms with Crippen LogP contribution in [0, 0.1) is 19.3 Å². The molecule has 2 aliphatic heterocycles. The summed E-state index contributed by atoms with van der Waals surface area (Å²) >= 11 is 0. The van der Waals surface area contributed by atoms with Crippen molar-refractivity contribution in [1.82, 2.24) is 14.8 Å². The van der Waals surface area contributed by atoms with Crippen molar-refractivity contribution in [3.05, 3.63) is 53.2 Å². The van der Waals surface area contributed by atoms with Crippen LogP contribution < -0.4 is 0 Å². The normalized spacial score (nSPS) is 19.0. The van der Waals surface area contributed by atoms with Crippen LogP contribution in [0.2, 0.25) is 0 Å². The fraction of sp³-hybridized carbons (Fsp3) is 0.522. The first-order valence-corrected chi connectivity index (χ1v) is 10.5. The van der Waals surface area contributed by atoms with Crippen LogP contribution in [-0.4, -0.2) is 52.8 Å². The van der Waals surface area contributed by atoms with Gasteiger partial charge in [-0.1, -0.05) is 6.07 Å². The van der Waals surface area contributed by atoms with Gasteiger partial charge in [-0.25, -0.2) is 0 Å². The SMILES string of the molecule is Cc1cc(C(=O)N2CCC3(CCC(=O)N(CCc4cccnc4)C3)CC2)c(C)o1. The molecular weight excluding hydrogens is 366 g/mol. The average molecular weight is 396 g/mol. The summed E-state index contributed by atoms with van der Waals surface area (Å²) in [6, 6.07) is 5.83. The number of piperidine rings is 2. The molecule has 2 aliphatic rings. The number of aryl methyl sites for hydroxylation is 2. The van der Waals surface area contributed by atoms with E-state index in [0.717, 1.165) is 63.2 Å². The summed E-state index contributed by atoms with van der Waals surface area (Å²) in [6.45, 7) is 6.74. The van der Waals surface area contributed by atoms with E-state index < -0.39 is 0 Å². The van der Waals surface area contributed by atoms with Gasteiger partial charge in [-0.2, -0.15) is 0 Å². The third kappa shape index (κ3) is 4.21. The predicted octanol–water partition coefficient (Wildman–Crippen LogP) is 3.38. The van der Waals surface area contributed by atoms with E-state index in [1.165, 1.54) is 0 Å². The molecule has 0 N–H and O–H groups in total. The maximum absolute atomic E-state index is 12.9. The Hall–Kier alpha value is -2.63. The molecule has 29 heavy (non-hydrogen) atoms. The molecule has 2 saturated heterocycles. The van der Waals surface area contributed by atoms with Gasteiger partial charge in [0.15, 0.2) is 0 Å². The highest BCUT2D eigenvalue weighted by molar-refractivity contribution is 5.95. The number of aromatic nitrogens is 1. The summed E-state index contributed by atoms with van der Waals surface area (Å²) in [4.78, 5) is 33.5. The summed E-state index contributed by atoms with van der Waals surface area (Å²) < 4.78 is 5.53. The number of nitrogens with zero attached hydrogens (tertiary/aromatic N) is 3. The summed E-state index contributed by atoms with van der Waals surface area (Å²) in [5.41, 5.74) is 1.97. The van der Waals surface area contributed by atoms with Crippen molar-refractivity contribution in [1.29, 1.82) is 0 Å². The molecule has 4 heterocycles. The van der Waals surface area contributed by atoms with Crippen molar-refractivity contribution in [3.63, 3.8) is 0 Å². The Morgan fingerprint density at radius 3 is 2.69 bits per heavy atom. The minimum atomic E-state index is 0.0644. The van der Waals surface area contributed by atoms with Gasteiger partial charge in [0.2, 0.25) is 5.91 Å². The standard InChI is InChI=1S/C23H29N3O3/c1-17-14-20(18(2)29-17)22(28)25-12-8-23(9-13-25)7-5-21(27)26(16-23)11-6-19-4-3-10-24-15-19/h3-4,10,14-15H,5-9,11-13,16H2,1-2H3. The minimum absolute atomic E-state index is 0.0644. The third-order valence-corrected chi connectivity index (χ3v) is 6.52. The second-order valence-electron chi connectivity index (χ2n) is 8.55. The quantitative estimate of drug-likeness (QED) is 0.796. The molecule has 0 atom stereocenters. The topological polar surface area (TPSA) is 66.7 Å². The number of furan rings is 1. The first-order valence-electron chi connectivity index (χ1n) is 10.5. The molecule has 0 aliphatic carbocycles. The predicted molar refractivity (Wildman–Crippen MR) is 110 cm³/mol. The second kappa shape index (κ2) is 8.01. The van der Waals surface area contributed by atoms with Gasteiger partial charge >= 0.3 is 0 Å². The zero-order valence-electron chi connectivity index (χ0n) is 17.3. The van der Waals surface area contributed by atoms with E-state index in [0.29, 0.717) is 17.7 Å². The fourth-order valence-corrected chi connectivity index (χ4v) is 4.72. The van der Waals surface area contributed by atoms with Crippen LogP contribution in [-0.2, 0) is 11.2 Å².